The molecule has 0 amide bonds. The first-order valence-electron chi connectivity index (χ1n) is 7.36. The zero-order valence-electron chi connectivity index (χ0n) is 13.3. The summed E-state index contributed by atoms with van der Waals surface area (Å²) >= 11 is 0. The fraction of sp³-hybridized carbons (Fsp3) is 0.333. The monoisotopic (exact) mass is 318 g/mol. The van der Waals surface area contributed by atoms with Crippen molar-refractivity contribution in [2.45, 2.75) is 25.9 Å². The first-order valence-corrected chi connectivity index (χ1v) is 7.36. The number of carbonyl (C=O) groups excluding carboxylic acids is 2. The summed E-state index contributed by atoms with van der Waals surface area (Å²) in [6.45, 7) is 9.56. The summed E-state index contributed by atoms with van der Waals surface area (Å²) in [5.74, 6) is -0.223. The zero-order chi connectivity index (χ0) is 17.1. The Bertz CT molecular complexity index is 530. The second-order valence-electron chi connectivity index (χ2n) is 4.95. The zero-order valence-corrected chi connectivity index (χ0v) is 13.3. The molecule has 5 heteroatoms. The molecule has 0 radical (unpaired) electrons. The summed E-state index contributed by atoms with van der Waals surface area (Å²) in [6, 6.07) is 8.87. The van der Waals surface area contributed by atoms with Crippen LogP contribution in [0, 0.1) is 0 Å². The predicted octanol–water partition coefficient (Wildman–Crippen LogP) is 3.06. The number of hydrogen-bond donors (Lipinski definition) is 0. The van der Waals surface area contributed by atoms with Crippen molar-refractivity contribution in [3.8, 4) is 5.75 Å². The fourth-order valence-corrected chi connectivity index (χ4v) is 1.71. The standard InChI is InChI=1S/C9H14O3.C9H8O2/c1-7(2)9(10)12-6-8-4-3-5-11-8;1-2-9(10)11-8-6-4-3-5-7-8/h8H,1,3-6H2,2H3;2-7H,1H2. The second-order valence-corrected chi connectivity index (χ2v) is 4.95. The molecule has 0 spiro atoms. The minimum absolute atomic E-state index is 0.105. The molecule has 1 atom stereocenters. The Hall–Kier alpha value is -2.40. The van der Waals surface area contributed by atoms with Gasteiger partial charge in [-0.15, -0.1) is 0 Å². The minimum atomic E-state index is -0.434. The van der Waals surface area contributed by atoms with Crippen molar-refractivity contribution in [2.75, 3.05) is 13.2 Å². The van der Waals surface area contributed by atoms with Crippen molar-refractivity contribution >= 4 is 11.9 Å². The Labute approximate surface area is 136 Å². The molecule has 0 saturated carbocycles. The molecule has 1 aromatic rings. The SMILES string of the molecule is C=C(C)C(=O)OCC1CCCO1.C=CC(=O)Oc1ccccc1. The maximum absolute atomic E-state index is 10.9. The van der Waals surface area contributed by atoms with E-state index < -0.39 is 5.97 Å². The third kappa shape index (κ3) is 7.97. The molecule has 0 N–H and O–H groups in total. The van der Waals surface area contributed by atoms with Crippen molar-refractivity contribution in [2.24, 2.45) is 0 Å². The van der Waals surface area contributed by atoms with Gasteiger partial charge < -0.3 is 14.2 Å². The second kappa shape index (κ2) is 10.3. The molecule has 2 rings (SSSR count). The molecule has 23 heavy (non-hydrogen) atoms. The third-order valence-electron chi connectivity index (χ3n) is 2.90. The van der Waals surface area contributed by atoms with Gasteiger partial charge in [0.25, 0.3) is 0 Å². The molecular formula is C18H22O5. The molecule has 0 aliphatic carbocycles. The Morgan fingerprint density at radius 1 is 1.35 bits per heavy atom. The van der Waals surface area contributed by atoms with E-state index in [9.17, 15) is 9.59 Å². The van der Waals surface area contributed by atoms with Crippen LogP contribution in [0.25, 0.3) is 0 Å². The Morgan fingerprint density at radius 3 is 2.57 bits per heavy atom. The van der Waals surface area contributed by atoms with E-state index in [1.165, 1.54) is 0 Å². The highest BCUT2D eigenvalue weighted by Crippen LogP contribution is 2.12. The van der Waals surface area contributed by atoms with E-state index in [-0.39, 0.29) is 12.1 Å². The average Bonchev–Trinajstić information content (AvgIpc) is 3.07. The molecule has 1 heterocycles. The summed E-state index contributed by atoms with van der Waals surface area (Å²) in [6.07, 6.45) is 3.29. The van der Waals surface area contributed by atoms with E-state index in [2.05, 4.69) is 13.2 Å². The number of benzene rings is 1. The summed E-state index contributed by atoms with van der Waals surface area (Å²) in [4.78, 5) is 21.6. The van der Waals surface area contributed by atoms with Crippen LogP contribution in [-0.2, 0) is 19.1 Å². The van der Waals surface area contributed by atoms with Gasteiger partial charge in [-0.3, -0.25) is 0 Å². The van der Waals surface area contributed by atoms with Gasteiger partial charge in [0.05, 0.1) is 6.10 Å². The van der Waals surface area contributed by atoms with Gasteiger partial charge in [-0.25, -0.2) is 9.59 Å². The lowest BCUT2D eigenvalue weighted by Crippen LogP contribution is -2.17. The fourth-order valence-electron chi connectivity index (χ4n) is 1.71. The van der Waals surface area contributed by atoms with Gasteiger partial charge in [-0.05, 0) is 31.9 Å². The number of carbonyl (C=O) groups is 2. The van der Waals surface area contributed by atoms with Gasteiger partial charge in [-0.1, -0.05) is 31.4 Å². The lowest BCUT2D eigenvalue weighted by molar-refractivity contribution is -0.142. The van der Waals surface area contributed by atoms with Crippen LogP contribution in [0.3, 0.4) is 0 Å². The van der Waals surface area contributed by atoms with Crippen LogP contribution < -0.4 is 4.74 Å². The van der Waals surface area contributed by atoms with Crippen LogP contribution in [0.5, 0.6) is 5.75 Å². The van der Waals surface area contributed by atoms with Gasteiger partial charge >= 0.3 is 11.9 Å². The Balaban J connectivity index is 0.000000231. The molecule has 1 aliphatic rings. The van der Waals surface area contributed by atoms with Crippen LogP contribution in [0.4, 0.5) is 0 Å². The highest BCUT2D eigenvalue weighted by molar-refractivity contribution is 5.86. The molecule has 0 aromatic heterocycles. The van der Waals surface area contributed by atoms with E-state index in [4.69, 9.17) is 14.2 Å². The lowest BCUT2D eigenvalue weighted by Gasteiger charge is -2.09. The van der Waals surface area contributed by atoms with E-state index in [1.807, 2.05) is 6.07 Å². The molecule has 1 aliphatic heterocycles. The van der Waals surface area contributed by atoms with Crippen LogP contribution in [0.1, 0.15) is 19.8 Å². The number of para-hydroxylation sites is 1. The third-order valence-corrected chi connectivity index (χ3v) is 2.90. The smallest absolute Gasteiger partial charge is 0.335 e. The predicted molar refractivity (Wildman–Crippen MR) is 87.0 cm³/mol. The van der Waals surface area contributed by atoms with Gasteiger partial charge in [-0.2, -0.15) is 0 Å². The van der Waals surface area contributed by atoms with Crippen LogP contribution >= 0.6 is 0 Å². The molecule has 1 unspecified atom stereocenters. The summed E-state index contributed by atoms with van der Waals surface area (Å²) in [5, 5.41) is 0. The van der Waals surface area contributed by atoms with Gasteiger partial charge in [0.2, 0.25) is 0 Å². The molecule has 124 valence electrons. The van der Waals surface area contributed by atoms with Gasteiger partial charge in [0, 0.05) is 18.3 Å². The molecule has 1 fully saturated rings. The van der Waals surface area contributed by atoms with Gasteiger partial charge in [0.15, 0.2) is 0 Å². The quantitative estimate of drug-likeness (QED) is 0.474. The molecule has 0 bridgehead atoms. The van der Waals surface area contributed by atoms with Crippen LogP contribution in [0.15, 0.2) is 55.1 Å². The first kappa shape index (κ1) is 18.6. The van der Waals surface area contributed by atoms with Crippen molar-refractivity contribution in [3.63, 3.8) is 0 Å². The summed E-state index contributed by atoms with van der Waals surface area (Å²) in [5.41, 5.74) is 0.438. The number of rotatable bonds is 5. The van der Waals surface area contributed by atoms with Crippen molar-refractivity contribution in [3.05, 3.63) is 55.1 Å². The van der Waals surface area contributed by atoms with E-state index in [0.29, 0.717) is 17.9 Å². The minimum Gasteiger partial charge on any atom is -0.460 e. The van der Waals surface area contributed by atoms with Gasteiger partial charge in [0.1, 0.15) is 12.4 Å². The molecule has 5 nitrogen and oxygen atoms in total. The Kier molecular flexibility index (Phi) is 8.39. The maximum Gasteiger partial charge on any atom is 0.335 e. The van der Waals surface area contributed by atoms with Crippen molar-refractivity contribution in [1.29, 1.82) is 0 Å². The highest BCUT2D eigenvalue weighted by Gasteiger charge is 2.17. The lowest BCUT2D eigenvalue weighted by atomic mass is 10.2. The van der Waals surface area contributed by atoms with Crippen LogP contribution in [0.2, 0.25) is 0 Å². The highest BCUT2D eigenvalue weighted by atomic mass is 16.6. The van der Waals surface area contributed by atoms with Crippen molar-refractivity contribution < 1.29 is 23.8 Å². The number of ether oxygens (including phenoxy) is 3. The normalized spacial score (nSPS) is 15.8. The summed E-state index contributed by atoms with van der Waals surface area (Å²) < 4.78 is 15.0. The van der Waals surface area contributed by atoms with Crippen molar-refractivity contribution in [1.82, 2.24) is 0 Å². The topological polar surface area (TPSA) is 61.8 Å². The molecular weight excluding hydrogens is 296 g/mol. The van der Waals surface area contributed by atoms with E-state index >= 15 is 0 Å². The van der Waals surface area contributed by atoms with E-state index in [0.717, 1.165) is 25.5 Å². The maximum atomic E-state index is 10.9. The Morgan fingerprint density at radius 2 is 2.04 bits per heavy atom. The number of hydrogen-bond acceptors (Lipinski definition) is 5. The first-order chi connectivity index (χ1) is 11.0. The average molecular weight is 318 g/mol. The number of esters is 2. The molecule has 1 aromatic carbocycles. The van der Waals surface area contributed by atoms with E-state index in [1.54, 1.807) is 31.2 Å². The van der Waals surface area contributed by atoms with Crippen LogP contribution in [-0.4, -0.2) is 31.3 Å². The molecule has 1 saturated heterocycles. The summed E-state index contributed by atoms with van der Waals surface area (Å²) in [7, 11) is 0. The largest absolute Gasteiger partial charge is 0.460 e.